The number of aryl methyl sites for hydroxylation is 1. The van der Waals surface area contributed by atoms with Crippen molar-refractivity contribution in [1.82, 2.24) is 25.1 Å². The van der Waals surface area contributed by atoms with Gasteiger partial charge in [0.25, 0.3) is 0 Å². The van der Waals surface area contributed by atoms with Gasteiger partial charge in [-0.2, -0.15) is 9.61 Å². The van der Waals surface area contributed by atoms with Crippen molar-refractivity contribution in [3.8, 4) is 0 Å². The van der Waals surface area contributed by atoms with Crippen LogP contribution in [0.2, 0.25) is 0 Å². The highest BCUT2D eigenvalue weighted by Crippen LogP contribution is 2.22. The Morgan fingerprint density at radius 2 is 2.20 bits per heavy atom. The fourth-order valence-corrected chi connectivity index (χ4v) is 2.59. The molecule has 1 atom stereocenters. The third-order valence-electron chi connectivity index (χ3n) is 2.44. The molecule has 2 aromatic heterocycles. The maximum absolute atomic E-state index is 4.53. The van der Waals surface area contributed by atoms with E-state index < -0.39 is 0 Å². The Kier molecular flexibility index (Phi) is 2.97. The molecule has 0 aliphatic carbocycles. The van der Waals surface area contributed by atoms with Crippen LogP contribution in [0.15, 0.2) is 0 Å². The van der Waals surface area contributed by atoms with Crippen molar-refractivity contribution in [3.05, 3.63) is 10.8 Å². The van der Waals surface area contributed by atoms with Gasteiger partial charge in [-0.05, 0) is 13.5 Å². The molecule has 2 heterocycles. The van der Waals surface area contributed by atoms with Crippen LogP contribution in [0.5, 0.6) is 0 Å². The average molecular weight is 225 g/mol. The fourth-order valence-electron chi connectivity index (χ4n) is 1.54. The van der Waals surface area contributed by atoms with Crippen molar-refractivity contribution in [2.24, 2.45) is 0 Å². The van der Waals surface area contributed by atoms with E-state index in [-0.39, 0.29) is 0 Å². The fraction of sp³-hybridized carbons (Fsp3) is 0.667. The molecule has 0 bridgehead atoms. The minimum absolute atomic E-state index is 0.321. The first kappa shape index (κ1) is 10.5. The van der Waals surface area contributed by atoms with Gasteiger partial charge < -0.3 is 5.32 Å². The molecule has 0 saturated carbocycles. The first-order valence-corrected chi connectivity index (χ1v) is 6.00. The van der Waals surface area contributed by atoms with Gasteiger partial charge in [-0.1, -0.05) is 25.2 Å². The van der Waals surface area contributed by atoms with Crippen molar-refractivity contribution in [3.63, 3.8) is 0 Å². The van der Waals surface area contributed by atoms with E-state index in [1.807, 2.05) is 11.6 Å². The van der Waals surface area contributed by atoms with Gasteiger partial charge >= 0.3 is 0 Å². The van der Waals surface area contributed by atoms with E-state index in [9.17, 15) is 0 Å². The molecule has 2 aromatic rings. The second-order valence-corrected chi connectivity index (χ2v) is 4.34. The molecule has 1 N–H and O–H groups in total. The summed E-state index contributed by atoms with van der Waals surface area (Å²) < 4.78 is 1.85. The monoisotopic (exact) mass is 225 g/mol. The summed E-state index contributed by atoms with van der Waals surface area (Å²) in [7, 11) is 1.96. The minimum Gasteiger partial charge on any atom is -0.311 e. The van der Waals surface area contributed by atoms with E-state index in [2.05, 4.69) is 34.5 Å². The Balaban J connectivity index is 2.42. The van der Waals surface area contributed by atoms with Gasteiger partial charge in [-0.25, -0.2) is 0 Å². The van der Waals surface area contributed by atoms with Crippen LogP contribution in [0, 0.1) is 0 Å². The first-order valence-electron chi connectivity index (χ1n) is 5.18. The lowest BCUT2D eigenvalue weighted by molar-refractivity contribution is 0.563. The lowest BCUT2D eigenvalue weighted by Crippen LogP contribution is -2.15. The minimum atomic E-state index is 0.321. The smallest absolute Gasteiger partial charge is 0.234 e. The SMILES string of the molecule is CCc1nnc2sc(C(CC)NC)nn12. The number of hydrogen-bond acceptors (Lipinski definition) is 5. The Bertz CT molecular complexity index is 442. The first-order chi connectivity index (χ1) is 7.30. The maximum Gasteiger partial charge on any atom is 0.234 e. The van der Waals surface area contributed by atoms with E-state index in [1.54, 1.807) is 11.3 Å². The van der Waals surface area contributed by atoms with Gasteiger partial charge in [0.05, 0.1) is 6.04 Å². The molecule has 0 saturated heterocycles. The van der Waals surface area contributed by atoms with Gasteiger partial charge in [-0.3, -0.25) is 0 Å². The molecule has 0 radical (unpaired) electrons. The standard InChI is InChI=1S/C9H15N5S/c1-4-6(10-3)8-13-14-7(5-2)11-12-9(14)15-8/h6,10H,4-5H2,1-3H3. The molecule has 0 amide bonds. The molecule has 6 heteroatoms. The molecule has 0 spiro atoms. The highest BCUT2D eigenvalue weighted by molar-refractivity contribution is 7.16. The largest absolute Gasteiger partial charge is 0.311 e. The van der Waals surface area contributed by atoms with Gasteiger partial charge in [0.2, 0.25) is 4.96 Å². The Labute approximate surface area is 92.5 Å². The summed E-state index contributed by atoms with van der Waals surface area (Å²) in [6.45, 7) is 4.20. The summed E-state index contributed by atoms with van der Waals surface area (Å²) in [5, 5.41) is 17.0. The van der Waals surface area contributed by atoms with E-state index in [0.717, 1.165) is 28.6 Å². The number of fused-ring (bicyclic) bond motifs is 1. The topological polar surface area (TPSA) is 55.1 Å². The summed E-state index contributed by atoms with van der Waals surface area (Å²) in [4.78, 5) is 0.885. The van der Waals surface area contributed by atoms with Gasteiger partial charge in [0, 0.05) is 6.42 Å². The van der Waals surface area contributed by atoms with Crippen molar-refractivity contribution in [2.45, 2.75) is 32.7 Å². The van der Waals surface area contributed by atoms with E-state index in [1.165, 1.54) is 0 Å². The molecule has 5 nitrogen and oxygen atoms in total. The molecule has 15 heavy (non-hydrogen) atoms. The quantitative estimate of drug-likeness (QED) is 0.855. The van der Waals surface area contributed by atoms with Crippen LogP contribution < -0.4 is 5.32 Å². The van der Waals surface area contributed by atoms with Gasteiger partial charge in [-0.15, -0.1) is 10.2 Å². The molecular formula is C9H15N5S. The van der Waals surface area contributed by atoms with E-state index in [0.29, 0.717) is 6.04 Å². The summed E-state index contributed by atoms with van der Waals surface area (Å²) in [6, 6.07) is 0.321. The number of aromatic nitrogens is 4. The molecule has 2 rings (SSSR count). The highest BCUT2D eigenvalue weighted by Gasteiger charge is 2.15. The van der Waals surface area contributed by atoms with Crippen molar-refractivity contribution >= 4 is 16.3 Å². The number of hydrogen-bond donors (Lipinski definition) is 1. The number of nitrogens with zero attached hydrogens (tertiary/aromatic N) is 4. The Morgan fingerprint density at radius 3 is 2.80 bits per heavy atom. The predicted octanol–water partition coefficient (Wildman–Crippen LogP) is 1.42. The summed E-state index contributed by atoms with van der Waals surface area (Å²) in [5.74, 6) is 0.929. The predicted molar refractivity (Wildman–Crippen MR) is 60.1 cm³/mol. The van der Waals surface area contributed by atoms with Crippen LogP contribution in [0.1, 0.15) is 37.1 Å². The van der Waals surface area contributed by atoms with Crippen molar-refractivity contribution < 1.29 is 0 Å². The normalized spacial score (nSPS) is 13.5. The summed E-state index contributed by atoms with van der Waals surface area (Å²) >= 11 is 1.61. The maximum atomic E-state index is 4.53. The van der Waals surface area contributed by atoms with Crippen LogP contribution >= 0.6 is 11.3 Å². The van der Waals surface area contributed by atoms with Crippen LogP contribution in [-0.4, -0.2) is 26.9 Å². The van der Waals surface area contributed by atoms with Crippen molar-refractivity contribution in [2.75, 3.05) is 7.05 Å². The second kappa shape index (κ2) is 4.24. The molecule has 0 fully saturated rings. The zero-order valence-corrected chi connectivity index (χ0v) is 10.0. The third kappa shape index (κ3) is 1.74. The van der Waals surface area contributed by atoms with Crippen LogP contribution in [-0.2, 0) is 6.42 Å². The van der Waals surface area contributed by atoms with Crippen LogP contribution in [0.3, 0.4) is 0 Å². The summed E-state index contributed by atoms with van der Waals surface area (Å²) in [5.41, 5.74) is 0. The zero-order chi connectivity index (χ0) is 10.8. The lowest BCUT2D eigenvalue weighted by Gasteiger charge is -2.08. The van der Waals surface area contributed by atoms with Crippen LogP contribution in [0.25, 0.3) is 4.96 Å². The number of nitrogens with one attached hydrogen (secondary N) is 1. The Morgan fingerprint density at radius 1 is 1.40 bits per heavy atom. The molecule has 0 aromatic carbocycles. The molecule has 0 aliphatic rings. The van der Waals surface area contributed by atoms with Crippen molar-refractivity contribution in [1.29, 1.82) is 0 Å². The Hall–Kier alpha value is -1.01. The summed E-state index contributed by atoms with van der Waals surface area (Å²) in [6.07, 6.45) is 1.89. The van der Waals surface area contributed by atoms with Gasteiger partial charge in [0.15, 0.2) is 5.82 Å². The van der Waals surface area contributed by atoms with E-state index >= 15 is 0 Å². The second-order valence-electron chi connectivity index (χ2n) is 3.35. The van der Waals surface area contributed by atoms with Crippen LogP contribution in [0.4, 0.5) is 0 Å². The highest BCUT2D eigenvalue weighted by atomic mass is 32.1. The number of rotatable bonds is 4. The molecule has 0 aliphatic heterocycles. The zero-order valence-electron chi connectivity index (χ0n) is 9.19. The third-order valence-corrected chi connectivity index (χ3v) is 3.45. The average Bonchev–Trinajstić information content (AvgIpc) is 2.79. The molecule has 1 unspecified atom stereocenters. The molecule has 82 valence electrons. The van der Waals surface area contributed by atoms with Gasteiger partial charge in [0.1, 0.15) is 5.01 Å². The lowest BCUT2D eigenvalue weighted by atomic mass is 10.2. The van der Waals surface area contributed by atoms with E-state index in [4.69, 9.17) is 0 Å². The molecular weight excluding hydrogens is 210 g/mol.